The molecule has 1 saturated heterocycles. The summed E-state index contributed by atoms with van der Waals surface area (Å²) in [5.74, 6) is 1.90. The Bertz CT molecular complexity index is 245. The molecule has 0 aromatic heterocycles. The van der Waals surface area contributed by atoms with Crippen LogP contribution in [-0.4, -0.2) is 24.8 Å². The second-order valence-electron chi connectivity index (χ2n) is 4.18. The van der Waals surface area contributed by atoms with Crippen LogP contribution in [0.25, 0.3) is 0 Å². The van der Waals surface area contributed by atoms with Crippen molar-refractivity contribution in [3.63, 3.8) is 0 Å². The lowest BCUT2D eigenvalue weighted by molar-refractivity contribution is 0.397. The first-order chi connectivity index (χ1) is 5.92. The van der Waals surface area contributed by atoms with E-state index in [4.69, 9.17) is 0 Å². The largest absolute Gasteiger partial charge is 0.229 e. The van der Waals surface area contributed by atoms with E-state index in [1.807, 2.05) is 0 Å². The van der Waals surface area contributed by atoms with Gasteiger partial charge in [0.05, 0.1) is 11.5 Å². The van der Waals surface area contributed by atoms with E-state index in [9.17, 15) is 8.42 Å². The first-order valence-corrected chi connectivity index (χ1v) is 7.50. The second-order valence-corrected chi connectivity index (χ2v) is 7.54. The first kappa shape index (κ1) is 11.5. The monoisotopic (exact) mass is 268 g/mol. The number of sulfone groups is 1. The lowest BCUT2D eigenvalue weighted by Gasteiger charge is -2.28. The lowest BCUT2D eigenvalue weighted by atomic mass is 9.92. The molecule has 2 nitrogen and oxygen atoms in total. The summed E-state index contributed by atoms with van der Waals surface area (Å²) < 4.78 is 22.3. The van der Waals surface area contributed by atoms with E-state index in [1.165, 1.54) is 0 Å². The zero-order valence-electron chi connectivity index (χ0n) is 8.16. The molecule has 0 aromatic carbocycles. The van der Waals surface area contributed by atoms with Gasteiger partial charge >= 0.3 is 0 Å². The van der Waals surface area contributed by atoms with Gasteiger partial charge in [-0.2, -0.15) is 0 Å². The van der Waals surface area contributed by atoms with Crippen LogP contribution in [0.4, 0.5) is 0 Å². The summed E-state index contributed by atoms with van der Waals surface area (Å²) in [4.78, 5) is 0.475. The lowest BCUT2D eigenvalue weighted by Crippen LogP contribution is -2.30. The van der Waals surface area contributed by atoms with Crippen LogP contribution in [0.3, 0.4) is 0 Å². The Hall–Kier alpha value is 0.430. The molecule has 78 valence electrons. The summed E-state index contributed by atoms with van der Waals surface area (Å²) in [5, 5.41) is 0. The maximum absolute atomic E-state index is 11.2. The molecule has 0 bridgehead atoms. The molecule has 0 N–H and O–H groups in total. The third-order valence-corrected chi connectivity index (χ3v) is 6.21. The molecule has 1 fully saturated rings. The summed E-state index contributed by atoms with van der Waals surface area (Å²) in [6.45, 7) is 4.34. The van der Waals surface area contributed by atoms with Gasteiger partial charge in [-0.25, -0.2) is 8.42 Å². The molecule has 0 spiro atoms. The SMILES string of the molecule is CC(C)C(Br)C1CCS(=O)(=O)CC1. The highest BCUT2D eigenvalue weighted by atomic mass is 79.9. The molecule has 1 unspecified atom stereocenters. The molecule has 0 saturated carbocycles. The predicted octanol–water partition coefficient (Wildman–Crippen LogP) is 2.23. The maximum Gasteiger partial charge on any atom is 0.150 e. The van der Waals surface area contributed by atoms with E-state index in [2.05, 4.69) is 29.8 Å². The number of rotatable bonds is 2. The third kappa shape index (κ3) is 3.24. The molecule has 0 amide bonds. The molecule has 1 atom stereocenters. The van der Waals surface area contributed by atoms with Gasteiger partial charge in [-0.1, -0.05) is 29.8 Å². The molecule has 0 radical (unpaired) electrons. The van der Waals surface area contributed by atoms with Crippen LogP contribution in [-0.2, 0) is 9.84 Å². The van der Waals surface area contributed by atoms with E-state index < -0.39 is 9.84 Å². The average Bonchev–Trinajstić information content (AvgIpc) is 2.03. The zero-order valence-corrected chi connectivity index (χ0v) is 10.6. The summed E-state index contributed by atoms with van der Waals surface area (Å²) >= 11 is 3.65. The highest BCUT2D eigenvalue weighted by molar-refractivity contribution is 9.09. The van der Waals surface area contributed by atoms with Crippen molar-refractivity contribution in [2.24, 2.45) is 11.8 Å². The smallest absolute Gasteiger partial charge is 0.150 e. The Labute approximate surface area is 89.1 Å². The van der Waals surface area contributed by atoms with Crippen LogP contribution in [0.5, 0.6) is 0 Å². The van der Waals surface area contributed by atoms with Crippen molar-refractivity contribution >= 4 is 25.8 Å². The molecule has 13 heavy (non-hydrogen) atoms. The van der Waals surface area contributed by atoms with Crippen LogP contribution in [0.1, 0.15) is 26.7 Å². The standard InChI is InChI=1S/C9H17BrO2S/c1-7(2)9(10)8-3-5-13(11,12)6-4-8/h7-9H,3-6H2,1-2H3. The van der Waals surface area contributed by atoms with Crippen molar-refractivity contribution in [1.82, 2.24) is 0 Å². The predicted molar refractivity (Wildman–Crippen MR) is 58.9 cm³/mol. The molecule has 1 aliphatic heterocycles. The van der Waals surface area contributed by atoms with Crippen molar-refractivity contribution in [2.45, 2.75) is 31.5 Å². The summed E-state index contributed by atoms with van der Waals surface area (Å²) in [6.07, 6.45) is 1.66. The Morgan fingerprint density at radius 1 is 1.23 bits per heavy atom. The molecule has 1 aliphatic rings. The van der Waals surface area contributed by atoms with E-state index in [0.29, 0.717) is 28.2 Å². The van der Waals surface area contributed by atoms with Gasteiger partial charge in [-0.3, -0.25) is 0 Å². The molecular weight excluding hydrogens is 252 g/mol. The normalized spacial score (nSPS) is 26.2. The van der Waals surface area contributed by atoms with Gasteiger partial charge in [-0.15, -0.1) is 0 Å². The topological polar surface area (TPSA) is 34.1 Å². The fourth-order valence-corrected chi connectivity index (χ4v) is 3.83. The number of hydrogen-bond acceptors (Lipinski definition) is 2. The van der Waals surface area contributed by atoms with Gasteiger partial charge < -0.3 is 0 Å². The Morgan fingerprint density at radius 3 is 2.08 bits per heavy atom. The summed E-state index contributed by atoms with van der Waals surface area (Å²) in [6, 6.07) is 0. The summed E-state index contributed by atoms with van der Waals surface area (Å²) in [7, 11) is -2.70. The van der Waals surface area contributed by atoms with Gasteiger partial charge in [0.2, 0.25) is 0 Å². The van der Waals surface area contributed by atoms with E-state index in [1.54, 1.807) is 0 Å². The Morgan fingerprint density at radius 2 is 1.69 bits per heavy atom. The van der Waals surface area contributed by atoms with Crippen molar-refractivity contribution in [2.75, 3.05) is 11.5 Å². The third-order valence-electron chi connectivity index (χ3n) is 2.69. The first-order valence-electron chi connectivity index (χ1n) is 4.77. The zero-order chi connectivity index (χ0) is 10.1. The van der Waals surface area contributed by atoms with Crippen molar-refractivity contribution in [3.8, 4) is 0 Å². The summed E-state index contributed by atoms with van der Waals surface area (Å²) in [5.41, 5.74) is 0. The fourth-order valence-electron chi connectivity index (χ4n) is 1.77. The van der Waals surface area contributed by atoms with E-state index in [-0.39, 0.29) is 0 Å². The van der Waals surface area contributed by atoms with Crippen LogP contribution in [0.15, 0.2) is 0 Å². The number of hydrogen-bond donors (Lipinski definition) is 0. The molecule has 0 aliphatic carbocycles. The molecular formula is C9H17BrO2S. The fraction of sp³-hybridized carbons (Fsp3) is 1.00. The quantitative estimate of drug-likeness (QED) is 0.720. The molecule has 1 heterocycles. The molecule has 0 aromatic rings. The van der Waals surface area contributed by atoms with Crippen molar-refractivity contribution < 1.29 is 8.42 Å². The minimum Gasteiger partial charge on any atom is -0.229 e. The number of alkyl halides is 1. The molecule has 4 heteroatoms. The number of halogens is 1. The van der Waals surface area contributed by atoms with Crippen LogP contribution < -0.4 is 0 Å². The van der Waals surface area contributed by atoms with Crippen molar-refractivity contribution in [1.29, 1.82) is 0 Å². The van der Waals surface area contributed by atoms with E-state index in [0.717, 1.165) is 12.8 Å². The van der Waals surface area contributed by atoms with Crippen LogP contribution in [0, 0.1) is 11.8 Å². The second kappa shape index (κ2) is 4.30. The van der Waals surface area contributed by atoms with Crippen LogP contribution >= 0.6 is 15.9 Å². The molecule has 1 rings (SSSR count). The highest BCUT2D eigenvalue weighted by Crippen LogP contribution is 2.30. The van der Waals surface area contributed by atoms with E-state index >= 15 is 0 Å². The van der Waals surface area contributed by atoms with Gasteiger partial charge in [0.15, 0.2) is 0 Å². The van der Waals surface area contributed by atoms with Crippen LogP contribution in [0.2, 0.25) is 0 Å². The van der Waals surface area contributed by atoms with Gasteiger partial charge in [-0.05, 0) is 24.7 Å². The minimum atomic E-state index is -2.70. The average molecular weight is 269 g/mol. The minimum absolute atomic E-state index is 0.381. The van der Waals surface area contributed by atoms with Gasteiger partial charge in [0, 0.05) is 4.83 Å². The Kier molecular flexibility index (Phi) is 3.81. The Balaban J connectivity index is 2.50. The van der Waals surface area contributed by atoms with Gasteiger partial charge in [0.25, 0.3) is 0 Å². The highest BCUT2D eigenvalue weighted by Gasteiger charge is 2.29. The van der Waals surface area contributed by atoms with Gasteiger partial charge in [0.1, 0.15) is 9.84 Å². The van der Waals surface area contributed by atoms with Crippen molar-refractivity contribution in [3.05, 3.63) is 0 Å². The maximum atomic E-state index is 11.2.